The molecule has 0 amide bonds. The number of carbonyl (C=O) groups is 2. The van der Waals surface area contributed by atoms with Crippen molar-refractivity contribution in [3.63, 3.8) is 0 Å². The minimum atomic E-state index is -0.985. The van der Waals surface area contributed by atoms with E-state index in [9.17, 15) is 9.59 Å². The topological polar surface area (TPSA) is 74.6 Å². The lowest BCUT2D eigenvalue weighted by Gasteiger charge is -2.25. The van der Waals surface area contributed by atoms with Crippen LogP contribution in [0, 0.1) is 0 Å². The van der Waals surface area contributed by atoms with Crippen molar-refractivity contribution in [2.24, 2.45) is 0 Å². The highest BCUT2D eigenvalue weighted by Gasteiger charge is 2.25. The lowest BCUT2D eigenvalue weighted by molar-refractivity contribution is 0.0686. The Morgan fingerprint density at radius 3 is 1.33 bits per heavy atom. The number of rotatable bonds is 4. The number of thiol groups is 1. The standard InChI is InChI=1S/C15H13O4PS/c16-13(17)9-1-5-11(6-2-9)15(20,21)12-7-3-10(4-8-12)14(18)19/h1-8,21H,20H2,(H,16,17)(H,18,19). The number of hydrogen-bond acceptors (Lipinski definition) is 3. The van der Waals surface area contributed by atoms with Crippen LogP contribution in [-0.2, 0) is 4.49 Å². The SMILES string of the molecule is O=C(O)c1ccc(C(P)(S)c2ccc(C(=O)O)cc2)cc1. The summed E-state index contributed by atoms with van der Waals surface area (Å²) in [5.41, 5.74) is 2.00. The molecule has 2 rings (SSSR count). The summed E-state index contributed by atoms with van der Waals surface area (Å²) < 4.78 is -0.728. The van der Waals surface area contributed by atoms with Crippen molar-refractivity contribution in [2.75, 3.05) is 0 Å². The van der Waals surface area contributed by atoms with Crippen LogP contribution in [0.5, 0.6) is 0 Å². The summed E-state index contributed by atoms with van der Waals surface area (Å²) in [5.74, 6) is -1.97. The van der Waals surface area contributed by atoms with E-state index in [1.807, 2.05) is 0 Å². The third kappa shape index (κ3) is 3.26. The van der Waals surface area contributed by atoms with Gasteiger partial charge in [-0.2, -0.15) is 12.6 Å². The Morgan fingerprint density at radius 1 is 0.810 bits per heavy atom. The fourth-order valence-electron chi connectivity index (χ4n) is 1.90. The number of benzene rings is 2. The third-order valence-electron chi connectivity index (χ3n) is 3.14. The molecular weight excluding hydrogens is 307 g/mol. The van der Waals surface area contributed by atoms with Gasteiger partial charge in [0.05, 0.1) is 15.6 Å². The van der Waals surface area contributed by atoms with Gasteiger partial charge in [0.15, 0.2) is 0 Å². The monoisotopic (exact) mass is 320 g/mol. The van der Waals surface area contributed by atoms with Gasteiger partial charge in [-0.1, -0.05) is 24.3 Å². The fourth-order valence-corrected chi connectivity index (χ4v) is 2.58. The van der Waals surface area contributed by atoms with E-state index in [1.165, 1.54) is 24.3 Å². The molecule has 0 fully saturated rings. The van der Waals surface area contributed by atoms with Crippen molar-refractivity contribution in [2.45, 2.75) is 4.49 Å². The van der Waals surface area contributed by atoms with Gasteiger partial charge >= 0.3 is 11.9 Å². The summed E-state index contributed by atoms with van der Waals surface area (Å²) in [6.45, 7) is 0. The lowest BCUT2D eigenvalue weighted by atomic mass is 10.0. The zero-order valence-electron chi connectivity index (χ0n) is 10.9. The van der Waals surface area contributed by atoms with Crippen LogP contribution < -0.4 is 0 Å². The van der Waals surface area contributed by atoms with Gasteiger partial charge in [-0.15, -0.1) is 9.24 Å². The summed E-state index contributed by atoms with van der Waals surface area (Å²) in [4.78, 5) is 21.7. The molecule has 0 saturated heterocycles. The molecule has 2 aromatic carbocycles. The van der Waals surface area contributed by atoms with Crippen molar-refractivity contribution in [3.05, 3.63) is 70.8 Å². The van der Waals surface area contributed by atoms with Gasteiger partial charge in [-0.25, -0.2) is 9.59 Å². The molecule has 0 saturated carbocycles. The minimum Gasteiger partial charge on any atom is -0.478 e. The summed E-state index contributed by atoms with van der Waals surface area (Å²) in [5, 5.41) is 17.8. The smallest absolute Gasteiger partial charge is 0.335 e. The molecule has 0 spiro atoms. The van der Waals surface area contributed by atoms with E-state index in [0.717, 1.165) is 11.1 Å². The van der Waals surface area contributed by atoms with Crippen molar-refractivity contribution >= 4 is 33.8 Å². The second-order valence-corrected chi connectivity index (χ2v) is 6.59. The van der Waals surface area contributed by atoms with Crippen molar-refractivity contribution in [3.8, 4) is 0 Å². The molecule has 0 heterocycles. The van der Waals surface area contributed by atoms with Crippen LogP contribution in [0.3, 0.4) is 0 Å². The van der Waals surface area contributed by atoms with Crippen LogP contribution in [0.2, 0.25) is 0 Å². The fraction of sp³-hybridized carbons (Fsp3) is 0.0667. The highest BCUT2D eigenvalue weighted by Crippen LogP contribution is 2.42. The molecule has 21 heavy (non-hydrogen) atoms. The van der Waals surface area contributed by atoms with Crippen LogP contribution >= 0.6 is 21.9 Å². The van der Waals surface area contributed by atoms with E-state index in [2.05, 4.69) is 21.9 Å². The van der Waals surface area contributed by atoms with Gasteiger partial charge in [0.25, 0.3) is 0 Å². The Balaban J connectivity index is 2.36. The van der Waals surface area contributed by atoms with E-state index in [1.54, 1.807) is 24.3 Å². The number of carboxylic acid groups (broad SMARTS) is 2. The summed E-state index contributed by atoms with van der Waals surface area (Å²) in [6.07, 6.45) is 0. The molecule has 6 heteroatoms. The predicted molar refractivity (Wildman–Crippen MR) is 86.3 cm³/mol. The van der Waals surface area contributed by atoms with Crippen LogP contribution in [0.15, 0.2) is 48.5 Å². The van der Waals surface area contributed by atoms with E-state index < -0.39 is 16.4 Å². The second kappa shape index (κ2) is 5.88. The first-order valence-corrected chi connectivity index (χ1v) is 7.04. The Bertz CT molecular complexity index is 618. The zero-order valence-corrected chi connectivity index (χ0v) is 12.9. The summed E-state index contributed by atoms with van der Waals surface area (Å²) in [6, 6.07) is 12.8. The van der Waals surface area contributed by atoms with Crippen molar-refractivity contribution < 1.29 is 19.8 Å². The average Bonchev–Trinajstić information content (AvgIpc) is 2.47. The molecule has 1 unspecified atom stereocenters. The molecule has 4 nitrogen and oxygen atoms in total. The largest absolute Gasteiger partial charge is 0.478 e. The predicted octanol–water partition coefficient (Wildman–Crippen LogP) is 3.09. The Morgan fingerprint density at radius 2 is 1.10 bits per heavy atom. The van der Waals surface area contributed by atoms with E-state index >= 15 is 0 Å². The molecule has 0 bridgehead atoms. The minimum absolute atomic E-state index is 0.203. The molecule has 0 aliphatic heterocycles. The Kier molecular flexibility index (Phi) is 4.35. The van der Waals surface area contributed by atoms with Crippen LogP contribution in [0.4, 0.5) is 0 Å². The van der Waals surface area contributed by atoms with Gasteiger partial charge in [-0.3, -0.25) is 0 Å². The van der Waals surface area contributed by atoms with Crippen molar-refractivity contribution in [1.29, 1.82) is 0 Å². The Hall–Kier alpha value is -1.84. The first-order valence-electron chi connectivity index (χ1n) is 6.01. The van der Waals surface area contributed by atoms with Crippen LogP contribution in [0.1, 0.15) is 31.8 Å². The second-order valence-electron chi connectivity index (χ2n) is 4.53. The lowest BCUT2D eigenvalue weighted by Crippen LogP contribution is -2.12. The number of aromatic carboxylic acids is 2. The average molecular weight is 320 g/mol. The van der Waals surface area contributed by atoms with Crippen LogP contribution in [0.25, 0.3) is 0 Å². The molecule has 0 radical (unpaired) electrons. The maximum Gasteiger partial charge on any atom is 0.335 e. The normalized spacial score (nSPS) is 11.1. The molecule has 1 atom stereocenters. The van der Waals surface area contributed by atoms with Gasteiger partial charge in [-0.05, 0) is 35.4 Å². The van der Waals surface area contributed by atoms with E-state index in [-0.39, 0.29) is 11.1 Å². The summed E-state index contributed by atoms with van der Waals surface area (Å²) >= 11 is 4.61. The molecule has 0 aliphatic carbocycles. The van der Waals surface area contributed by atoms with Gasteiger partial charge in [0.2, 0.25) is 0 Å². The van der Waals surface area contributed by atoms with Gasteiger partial charge < -0.3 is 10.2 Å². The zero-order chi connectivity index (χ0) is 15.6. The van der Waals surface area contributed by atoms with Crippen LogP contribution in [-0.4, -0.2) is 22.2 Å². The highest BCUT2D eigenvalue weighted by molar-refractivity contribution is 7.86. The first-order chi connectivity index (χ1) is 9.82. The molecule has 0 aliphatic rings. The Labute approximate surface area is 129 Å². The molecule has 108 valence electrons. The van der Waals surface area contributed by atoms with Crippen molar-refractivity contribution in [1.82, 2.24) is 0 Å². The molecule has 2 aromatic rings. The molecular formula is C15H13O4PS. The quantitative estimate of drug-likeness (QED) is 0.598. The molecule has 2 N–H and O–H groups in total. The maximum atomic E-state index is 10.9. The highest BCUT2D eigenvalue weighted by atomic mass is 32.1. The molecule has 0 aromatic heterocycles. The third-order valence-corrected chi connectivity index (χ3v) is 4.33. The van der Waals surface area contributed by atoms with Gasteiger partial charge in [0, 0.05) is 0 Å². The number of carboxylic acids is 2. The first kappa shape index (κ1) is 15.5. The number of hydrogen-bond donors (Lipinski definition) is 3. The summed E-state index contributed by atoms with van der Waals surface area (Å²) in [7, 11) is 2.59. The van der Waals surface area contributed by atoms with Gasteiger partial charge in [0.1, 0.15) is 0 Å². The van der Waals surface area contributed by atoms with E-state index in [4.69, 9.17) is 10.2 Å². The van der Waals surface area contributed by atoms with E-state index in [0.29, 0.717) is 0 Å². The maximum absolute atomic E-state index is 10.9.